The lowest BCUT2D eigenvalue weighted by molar-refractivity contribution is 0.0935. The average Bonchev–Trinajstić information content (AvgIpc) is 2.72. The lowest BCUT2D eigenvalue weighted by Crippen LogP contribution is -2.45. The topological polar surface area (TPSA) is 41.1 Å². The first-order valence-electron chi connectivity index (χ1n) is 6.31. The Labute approximate surface area is 119 Å². The molecule has 102 valence electrons. The van der Waals surface area contributed by atoms with Gasteiger partial charge in [-0.25, -0.2) is 0 Å². The van der Waals surface area contributed by atoms with Gasteiger partial charge in [-0.05, 0) is 44.4 Å². The second kappa shape index (κ2) is 7.12. The molecule has 0 aromatic carbocycles. The summed E-state index contributed by atoms with van der Waals surface area (Å²) >= 11 is 1.62. The van der Waals surface area contributed by atoms with Crippen LogP contribution in [0.2, 0.25) is 0 Å². The number of carbonyl (C=O) groups excluding carboxylic acids is 1. The van der Waals surface area contributed by atoms with Gasteiger partial charge in [0.25, 0.3) is 5.91 Å². The first kappa shape index (κ1) is 15.5. The molecule has 18 heavy (non-hydrogen) atoms. The molecule has 2 N–H and O–H groups in total. The van der Waals surface area contributed by atoms with Crippen molar-refractivity contribution in [3.63, 3.8) is 0 Å². The number of halogens is 1. The van der Waals surface area contributed by atoms with Crippen LogP contribution in [0.5, 0.6) is 0 Å². The summed E-state index contributed by atoms with van der Waals surface area (Å²) in [5.74, 6) is 0.0894. The fraction of sp³-hybridized carbons (Fsp3) is 0.615. The van der Waals surface area contributed by atoms with Gasteiger partial charge in [0.1, 0.15) is 0 Å². The highest BCUT2D eigenvalue weighted by atomic mass is 35.5. The zero-order valence-electron chi connectivity index (χ0n) is 10.9. The standard InChI is InChI=1S/C13H20N2OS.ClH/c1-3-11-9(2)7-12(17-11)13(16)15-10-5-4-6-14-8-10;/h7,10,14H,3-6,8H2,1-2H3,(H,15,16);1H. The first-order chi connectivity index (χ1) is 8.20. The van der Waals surface area contributed by atoms with Crippen LogP contribution in [0.3, 0.4) is 0 Å². The lowest BCUT2D eigenvalue weighted by atomic mass is 10.1. The molecule has 1 saturated heterocycles. The van der Waals surface area contributed by atoms with Crippen LogP contribution in [-0.2, 0) is 6.42 Å². The third kappa shape index (κ3) is 3.70. The van der Waals surface area contributed by atoms with E-state index < -0.39 is 0 Å². The van der Waals surface area contributed by atoms with Gasteiger partial charge >= 0.3 is 0 Å². The Morgan fingerprint density at radius 2 is 2.39 bits per heavy atom. The van der Waals surface area contributed by atoms with Gasteiger partial charge in [0.05, 0.1) is 4.88 Å². The summed E-state index contributed by atoms with van der Waals surface area (Å²) in [6.07, 6.45) is 3.24. The zero-order chi connectivity index (χ0) is 12.3. The first-order valence-corrected chi connectivity index (χ1v) is 7.13. The van der Waals surface area contributed by atoms with E-state index in [-0.39, 0.29) is 18.3 Å². The van der Waals surface area contributed by atoms with Gasteiger partial charge in [0.2, 0.25) is 0 Å². The van der Waals surface area contributed by atoms with Crippen LogP contribution in [0.15, 0.2) is 6.07 Å². The monoisotopic (exact) mass is 288 g/mol. The Morgan fingerprint density at radius 1 is 1.61 bits per heavy atom. The molecular formula is C13H21ClN2OS. The van der Waals surface area contributed by atoms with Gasteiger partial charge in [-0.1, -0.05) is 6.92 Å². The largest absolute Gasteiger partial charge is 0.347 e. The maximum Gasteiger partial charge on any atom is 0.261 e. The fourth-order valence-electron chi connectivity index (χ4n) is 2.21. The van der Waals surface area contributed by atoms with Gasteiger partial charge in [0.15, 0.2) is 0 Å². The lowest BCUT2D eigenvalue weighted by Gasteiger charge is -2.23. The second-order valence-electron chi connectivity index (χ2n) is 4.59. The summed E-state index contributed by atoms with van der Waals surface area (Å²) in [7, 11) is 0. The highest BCUT2D eigenvalue weighted by molar-refractivity contribution is 7.14. The van der Waals surface area contributed by atoms with E-state index in [1.165, 1.54) is 10.4 Å². The molecule has 1 amide bonds. The van der Waals surface area contributed by atoms with E-state index in [4.69, 9.17) is 0 Å². The van der Waals surface area contributed by atoms with Crippen molar-refractivity contribution in [1.82, 2.24) is 10.6 Å². The molecule has 0 aliphatic carbocycles. The smallest absolute Gasteiger partial charge is 0.261 e. The molecule has 0 saturated carbocycles. The van der Waals surface area contributed by atoms with E-state index in [1.54, 1.807) is 11.3 Å². The molecule has 1 aliphatic rings. The third-order valence-corrected chi connectivity index (χ3v) is 4.58. The Hall–Kier alpha value is -0.580. The van der Waals surface area contributed by atoms with E-state index >= 15 is 0 Å². The molecule has 0 spiro atoms. The Balaban J connectivity index is 0.00000162. The third-order valence-electron chi connectivity index (χ3n) is 3.20. The molecule has 1 aromatic rings. The van der Waals surface area contributed by atoms with Gasteiger partial charge in [-0.3, -0.25) is 4.79 Å². The molecule has 5 heteroatoms. The van der Waals surface area contributed by atoms with Gasteiger partial charge in [-0.15, -0.1) is 23.7 Å². The Bertz CT molecular complexity index is 400. The van der Waals surface area contributed by atoms with Crippen LogP contribution in [0.4, 0.5) is 0 Å². The summed E-state index contributed by atoms with van der Waals surface area (Å²) in [4.78, 5) is 14.2. The SMILES string of the molecule is CCc1sc(C(=O)NC2CCCNC2)cc1C.Cl. The van der Waals surface area contributed by atoms with Crippen molar-refractivity contribution in [2.75, 3.05) is 13.1 Å². The van der Waals surface area contributed by atoms with E-state index in [0.717, 1.165) is 37.2 Å². The molecule has 3 nitrogen and oxygen atoms in total. The van der Waals surface area contributed by atoms with Crippen molar-refractivity contribution >= 4 is 29.7 Å². The number of hydrogen-bond donors (Lipinski definition) is 2. The maximum absolute atomic E-state index is 12.1. The summed E-state index contributed by atoms with van der Waals surface area (Å²) in [5.41, 5.74) is 1.24. The predicted octanol–water partition coefficient (Wildman–Crippen LogP) is 2.52. The Morgan fingerprint density at radius 3 is 2.94 bits per heavy atom. The molecule has 0 bridgehead atoms. The predicted molar refractivity (Wildman–Crippen MR) is 79.0 cm³/mol. The molecule has 0 radical (unpaired) electrons. The van der Waals surface area contributed by atoms with Crippen molar-refractivity contribution in [3.8, 4) is 0 Å². The van der Waals surface area contributed by atoms with Crippen LogP contribution < -0.4 is 10.6 Å². The molecule has 1 fully saturated rings. The number of thiophene rings is 1. The molecular weight excluding hydrogens is 268 g/mol. The van der Waals surface area contributed by atoms with Crippen molar-refractivity contribution in [3.05, 3.63) is 21.4 Å². The minimum atomic E-state index is 0. The van der Waals surface area contributed by atoms with Gasteiger partial charge in [0, 0.05) is 17.5 Å². The highest BCUT2D eigenvalue weighted by Gasteiger charge is 2.18. The number of rotatable bonds is 3. The molecule has 1 aliphatic heterocycles. The van der Waals surface area contributed by atoms with Crippen LogP contribution in [0, 0.1) is 6.92 Å². The van der Waals surface area contributed by atoms with Crippen molar-refractivity contribution < 1.29 is 4.79 Å². The van der Waals surface area contributed by atoms with Crippen LogP contribution in [0.1, 0.15) is 39.9 Å². The van der Waals surface area contributed by atoms with Gasteiger partial charge < -0.3 is 10.6 Å². The summed E-state index contributed by atoms with van der Waals surface area (Å²) in [6.45, 7) is 6.18. The number of hydrogen-bond acceptors (Lipinski definition) is 3. The number of nitrogens with one attached hydrogen (secondary N) is 2. The van der Waals surface area contributed by atoms with Crippen LogP contribution in [-0.4, -0.2) is 25.0 Å². The quantitative estimate of drug-likeness (QED) is 0.897. The average molecular weight is 289 g/mol. The second-order valence-corrected chi connectivity index (χ2v) is 5.72. The zero-order valence-corrected chi connectivity index (χ0v) is 12.5. The van der Waals surface area contributed by atoms with E-state index in [2.05, 4.69) is 24.5 Å². The maximum atomic E-state index is 12.1. The van der Waals surface area contributed by atoms with Crippen LogP contribution in [0.25, 0.3) is 0 Å². The molecule has 2 heterocycles. The molecule has 1 unspecified atom stereocenters. The van der Waals surface area contributed by atoms with Crippen LogP contribution >= 0.6 is 23.7 Å². The van der Waals surface area contributed by atoms with E-state index in [0.29, 0.717) is 6.04 Å². The number of piperidine rings is 1. The summed E-state index contributed by atoms with van der Waals surface area (Å²) < 4.78 is 0. The van der Waals surface area contributed by atoms with Crippen molar-refractivity contribution in [2.24, 2.45) is 0 Å². The van der Waals surface area contributed by atoms with Crippen molar-refractivity contribution in [2.45, 2.75) is 39.2 Å². The molecule has 2 rings (SSSR count). The minimum Gasteiger partial charge on any atom is -0.347 e. The number of carbonyl (C=O) groups is 1. The van der Waals surface area contributed by atoms with Gasteiger partial charge in [-0.2, -0.15) is 0 Å². The summed E-state index contributed by atoms with van der Waals surface area (Å²) in [5, 5.41) is 6.42. The highest BCUT2D eigenvalue weighted by Crippen LogP contribution is 2.22. The number of aryl methyl sites for hydroxylation is 2. The Kier molecular flexibility index (Phi) is 6.12. The van der Waals surface area contributed by atoms with Crippen molar-refractivity contribution in [1.29, 1.82) is 0 Å². The molecule has 1 atom stereocenters. The number of amides is 1. The fourth-order valence-corrected chi connectivity index (χ4v) is 3.23. The summed E-state index contributed by atoms with van der Waals surface area (Å²) in [6, 6.07) is 2.30. The van der Waals surface area contributed by atoms with E-state index in [1.807, 2.05) is 6.07 Å². The van der Waals surface area contributed by atoms with E-state index in [9.17, 15) is 4.79 Å². The normalized spacial score (nSPS) is 19.1. The minimum absolute atomic E-state index is 0. The molecule has 1 aromatic heterocycles.